The van der Waals surface area contributed by atoms with Crippen LogP contribution in [0.15, 0.2) is 18.2 Å². The van der Waals surface area contributed by atoms with Crippen LogP contribution in [0, 0.1) is 12.7 Å². The number of hydrogen-bond acceptors (Lipinski definition) is 5. The van der Waals surface area contributed by atoms with Crippen LogP contribution in [0.1, 0.15) is 59.0 Å². The summed E-state index contributed by atoms with van der Waals surface area (Å²) in [5, 5.41) is 19.3. The van der Waals surface area contributed by atoms with Gasteiger partial charge in [-0.25, -0.2) is 4.39 Å². The molecule has 1 fully saturated rings. The van der Waals surface area contributed by atoms with E-state index in [0.29, 0.717) is 49.6 Å². The molecule has 33 heavy (non-hydrogen) atoms. The van der Waals surface area contributed by atoms with Crippen LogP contribution in [0.25, 0.3) is 10.9 Å². The smallest absolute Gasteiger partial charge is 0.272 e. The van der Waals surface area contributed by atoms with E-state index in [4.69, 9.17) is 4.74 Å². The highest BCUT2D eigenvalue weighted by Gasteiger charge is 2.49. The van der Waals surface area contributed by atoms with E-state index in [-0.39, 0.29) is 17.3 Å². The van der Waals surface area contributed by atoms with Gasteiger partial charge in [-0.15, -0.1) is 0 Å². The molecule has 1 saturated carbocycles. The molecule has 0 spiro atoms. The molecular formula is C24H30FN5O3. The number of ether oxygens (including phenoxy) is 1. The van der Waals surface area contributed by atoms with Crippen LogP contribution in [0.3, 0.4) is 0 Å². The molecule has 2 aromatic heterocycles. The van der Waals surface area contributed by atoms with Gasteiger partial charge in [-0.05, 0) is 50.5 Å². The van der Waals surface area contributed by atoms with Gasteiger partial charge in [0.15, 0.2) is 0 Å². The largest absolute Gasteiger partial charge is 0.379 e. The number of aromatic nitrogens is 3. The Kier molecular flexibility index (Phi) is 5.50. The van der Waals surface area contributed by atoms with Crippen LogP contribution in [0.2, 0.25) is 0 Å². The third-order valence-corrected chi connectivity index (χ3v) is 7.14. The van der Waals surface area contributed by atoms with Gasteiger partial charge in [0.1, 0.15) is 17.7 Å². The van der Waals surface area contributed by atoms with Crippen molar-refractivity contribution in [3.05, 3.63) is 52.2 Å². The average molecular weight is 456 g/mol. The number of hydrogen-bond donors (Lipinski definition) is 3. The summed E-state index contributed by atoms with van der Waals surface area (Å²) in [7, 11) is 1.82. The number of halogens is 1. The minimum Gasteiger partial charge on any atom is -0.379 e. The Morgan fingerprint density at radius 3 is 2.91 bits per heavy atom. The highest BCUT2D eigenvalue weighted by Crippen LogP contribution is 2.42. The van der Waals surface area contributed by atoms with Crippen LogP contribution in [-0.2, 0) is 17.7 Å². The molecule has 9 heteroatoms. The number of carbonyl (C=O) groups is 1. The van der Waals surface area contributed by atoms with E-state index in [1.807, 2.05) is 31.9 Å². The molecule has 5 rings (SSSR count). The van der Waals surface area contributed by atoms with Crippen LogP contribution >= 0.6 is 0 Å². The first-order valence-corrected chi connectivity index (χ1v) is 11.5. The minimum atomic E-state index is -0.906. The van der Waals surface area contributed by atoms with Crippen molar-refractivity contribution in [3.8, 4) is 0 Å². The van der Waals surface area contributed by atoms with Gasteiger partial charge >= 0.3 is 0 Å². The molecule has 1 aromatic carbocycles. The standard InChI is InChI=1S/C24H30FN5O3/c1-4-33-13-24(6-7-24)29(3)23(32)21-17-12-30(8-5-18(17)27-28-21)22(31)20-11-16-14(2)9-15(25)10-19(16)26-20/h9-11,22,26,31H,4-8,12-13H2,1-3H3,(H,27,28). The summed E-state index contributed by atoms with van der Waals surface area (Å²) in [5.41, 5.74) is 3.99. The van der Waals surface area contributed by atoms with Gasteiger partial charge in [0.2, 0.25) is 0 Å². The summed E-state index contributed by atoms with van der Waals surface area (Å²) in [5.74, 6) is -0.414. The number of aliphatic hydroxyl groups is 1. The second-order valence-electron chi connectivity index (χ2n) is 9.25. The van der Waals surface area contributed by atoms with E-state index in [2.05, 4.69) is 15.2 Å². The number of aromatic amines is 2. The number of H-pyrrole nitrogens is 2. The molecular weight excluding hydrogens is 425 g/mol. The number of nitrogens with zero attached hydrogens (tertiary/aromatic N) is 3. The molecule has 1 atom stereocenters. The van der Waals surface area contributed by atoms with Crippen molar-refractivity contribution in [1.29, 1.82) is 0 Å². The lowest BCUT2D eigenvalue weighted by Crippen LogP contribution is -2.43. The maximum absolute atomic E-state index is 13.8. The summed E-state index contributed by atoms with van der Waals surface area (Å²) in [6.45, 7) is 5.94. The lowest BCUT2D eigenvalue weighted by Gasteiger charge is -2.31. The number of nitrogens with one attached hydrogen (secondary N) is 2. The van der Waals surface area contributed by atoms with Crippen LogP contribution in [-0.4, -0.2) is 68.3 Å². The average Bonchev–Trinajstić information content (AvgIpc) is 3.27. The first kappa shape index (κ1) is 22.1. The van der Waals surface area contributed by atoms with Crippen LogP contribution in [0.5, 0.6) is 0 Å². The van der Waals surface area contributed by atoms with Gasteiger partial charge in [-0.2, -0.15) is 5.10 Å². The maximum atomic E-state index is 13.8. The third-order valence-electron chi connectivity index (χ3n) is 7.14. The topological polar surface area (TPSA) is 97.5 Å². The fourth-order valence-electron chi connectivity index (χ4n) is 4.83. The highest BCUT2D eigenvalue weighted by atomic mass is 19.1. The molecule has 2 aliphatic rings. The zero-order valence-electron chi connectivity index (χ0n) is 19.2. The molecule has 0 bridgehead atoms. The fourth-order valence-corrected chi connectivity index (χ4v) is 4.83. The van der Waals surface area contributed by atoms with E-state index in [9.17, 15) is 14.3 Å². The first-order chi connectivity index (χ1) is 15.8. The van der Waals surface area contributed by atoms with Gasteiger partial charge in [0, 0.05) is 49.6 Å². The van der Waals surface area contributed by atoms with E-state index in [0.717, 1.165) is 35.0 Å². The number of benzene rings is 1. The Hall–Kier alpha value is -2.75. The molecule has 1 unspecified atom stereocenters. The predicted molar refractivity (Wildman–Crippen MR) is 121 cm³/mol. The number of likely N-dealkylation sites (N-methyl/N-ethyl adjacent to an activating group) is 1. The fraction of sp³-hybridized carbons (Fsp3) is 0.500. The second-order valence-corrected chi connectivity index (χ2v) is 9.25. The van der Waals surface area contributed by atoms with Crippen molar-refractivity contribution in [1.82, 2.24) is 25.0 Å². The van der Waals surface area contributed by atoms with E-state index in [1.54, 1.807) is 4.90 Å². The van der Waals surface area contributed by atoms with Crippen molar-refractivity contribution in [2.75, 3.05) is 26.8 Å². The minimum absolute atomic E-state index is 0.103. The maximum Gasteiger partial charge on any atom is 0.272 e. The van der Waals surface area contributed by atoms with Gasteiger partial charge in [0.25, 0.3) is 5.91 Å². The second kappa shape index (κ2) is 8.23. The molecule has 176 valence electrons. The summed E-state index contributed by atoms with van der Waals surface area (Å²) < 4.78 is 19.4. The lowest BCUT2D eigenvalue weighted by molar-refractivity contribution is -0.0108. The molecule has 3 N–H and O–H groups in total. The zero-order chi connectivity index (χ0) is 23.3. The Morgan fingerprint density at radius 2 is 2.18 bits per heavy atom. The number of amides is 1. The van der Waals surface area contributed by atoms with Crippen molar-refractivity contribution >= 4 is 16.8 Å². The molecule has 1 aliphatic carbocycles. The van der Waals surface area contributed by atoms with E-state index in [1.165, 1.54) is 12.1 Å². The number of fused-ring (bicyclic) bond motifs is 2. The summed E-state index contributed by atoms with van der Waals surface area (Å²) in [4.78, 5) is 20.2. The highest BCUT2D eigenvalue weighted by molar-refractivity contribution is 5.94. The Morgan fingerprint density at radius 1 is 1.39 bits per heavy atom. The number of carbonyl (C=O) groups excluding carboxylic acids is 1. The van der Waals surface area contributed by atoms with Crippen LogP contribution < -0.4 is 0 Å². The van der Waals surface area contributed by atoms with E-state index >= 15 is 0 Å². The van der Waals surface area contributed by atoms with Crippen molar-refractivity contribution in [2.45, 2.75) is 51.4 Å². The van der Waals surface area contributed by atoms with Crippen LogP contribution in [0.4, 0.5) is 4.39 Å². The molecule has 0 saturated heterocycles. The van der Waals surface area contributed by atoms with Crippen molar-refractivity contribution in [3.63, 3.8) is 0 Å². The first-order valence-electron chi connectivity index (χ1n) is 11.5. The number of rotatable bonds is 7. The molecule has 3 heterocycles. The molecule has 8 nitrogen and oxygen atoms in total. The Labute approximate surface area is 191 Å². The summed E-state index contributed by atoms with van der Waals surface area (Å²) >= 11 is 0. The van der Waals surface area contributed by atoms with E-state index < -0.39 is 6.23 Å². The predicted octanol–water partition coefficient (Wildman–Crippen LogP) is 3.03. The lowest BCUT2D eigenvalue weighted by atomic mass is 10.0. The van der Waals surface area contributed by atoms with Gasteiger partial charge in [-0.3, -0.25) is 14.8 Å². The molecule has 3 aromatic rings. The third kappa shape index (κ3) is 3.84. The summed E-state index contributed by atoms with van der Waals surface area (Å²) in [6.07, 6.45) is 1.57. The normalized spacial score (nSPS) is 18.3. The monoisotopic (exact) mass is 455 g/mol. The molecule has 0 radical (unpaired) electrons. The van der Waals surface area contributed by atoms with Crippen molar-refractivity contribution in [2.24, 2.45) is 0 Å². The van der Waals surface area contributed by atoms with Gasteiger partial charge in [0.05, 0.1) is 23.5 Å². The van der Waals surface area contributed by atoms with Gasteiger partial charge in [-0.1, -0.05) is 0 Å². The SMILES string of the molecule is CCOCC1(N(C)C(=O)c2[nH]nc3c2CN(C(O)c2cc4c(C)cc(F)cc4[nH]2)CC3)CC1. The summed E-state index contributed by atoms with van der Waals surface area (Å²) in [6, 6.07) is 4.78. The number of aliphatic hydroxyl groups excluding tert-OH is 1. The molecule has 1 aliphatic heterocycles. The molecule has 1 amide bonds. The zero-order valence-corrected chi connectivity index (χ0v) is 19.2. The number of aryl methyl sites for hydroxylation is 1. The Bertz CT molecular complexity index is 1200. The quantitative estimate of drug-likeness (QED) is 0.509. The van der Waals surface area contributed by atoms with Gasteiger partial charge < -0.3 is 19.7 Å². The Balaban J connectivity index is 1.36. The van der Waals surface area contributed by atoms with Crippen molar-refractivity contribution < 1.29 is 19.0 Å².